The normalized spacial score (nSPS) is 15.6. The molecule has 0 saturated heterocycles. The molecule has 2 rings (SSSR count). The maximum Gasteiger partial charge on any atom is 0.397 e. The molecule has 0 aliphatic carbocycles. The second kappa shape index (κ2) is 5.22. The molecule has 6 heteroatoms. The molecule has 2 unspecified atom stereocenters. The summed E-state index contributed by atoms with van der Waals surface area (Å²) in [6, 6.07) is 4.86. The number of aliphatic hydroxyl groups is 1. The minimum atomic E-state index is -4.44. The number of furan rings is 1. The smallest absolute Gasteiger partial charge is 0.397 e. The summed E-state index contributed by atoms with van der Waals surface area (Å²) >= 11 is 0. The number of hydrogen-bond donors (Lipinski definition) is 2. The van der Waals surface area contributed by atoms with E-state index in [0.29, 0.717) is 11.0 Å². The summed E-state index contributed by atoms with van der Waals surface area (Å²) in [5.74, 6) is -1.76. The van der Waals surface area contributed by atoms with Crippen molar-refractivity contribution < 1.29 is 22.7 Å². The Balaban J connectivity index is 2.47. The summed E-state index contributed by atoms with van der Waals surface area (Å²) in [5, 5.41) is 12.2. The highest BCUT2D eigenvalue weighted by molar-refractivity contribution is 5.77. The van der Waals surface area contributed by atoms with Crippen LogP contribution in [0.1, 0.15) is 11.5 Å². The van der Waals surface area contributed by atoms with Gasteiger partial charge in [-0.1, -0.05) is 6.07 Å². The number of halogens is 3. The zero-order valence-electron chi connectivity index (χ0n) is 10.2. The van der Waals surface area contributed by atoms with E-state index >= 15 is 0 Å². The van der Waals surface area contributed by atoms with Gasteiger partial charge in [-0.2, -0.15) is 13.2 Å². The van der Waals surface area contributed by atoms with Crippen molar-refractivity contribution in [3.63, 3.8) is 0 Å². The number of nitrogens with one attached hydrogen (secondary N) is 1. The number of benzene rings is 1. The lowest BCUT2D eigenvalue weighted by Gasteiger charge is -2.27. The topological polar surface area (TPSA) is 45.4 Å². The highest BCUT2D eigenvalue weighted by Crippen LogP contribution is 2.38. The summed E-state index contributed by atoms with van der Waals surface area (Å²) in [5.41, 5.74) is 0.643. The first-order valence-corrected chi connectivity index (χ1v) is 5.79. The average molecular weight is 273 g/mol. The third-order valence-electron chi connectivity index (χ3n) is 3.16. The number of fused-ring (bicyclic) bond motifs is 1. The largest absolute Gasteiger partial charge is 0.464 e. The lowest BCUT2D eigenvalue weighted by Crippen LogP contribution is -2.42. The zero-order valence-corrected chi connectivity index (χ0v) is 10.2. The zero-order chi connectivity index (χ0) is 14.0. The van der Waals surface area contributed by atoms with Crippen LogP contribution in [0.2, 0.25) is 0 Å². The van der Waals surface area contributed by atoms with Crippen LogP contribution < -0.4 is 5.32 Å². The molecule has 0 radical (unpaired) electrons. The van der Waals surface area contributed by atoms with Gasteiger partial charge in [-0.05, 0) is 30.8 Å². The van der Waals surface area contributed by atoms with Crippen molar-refractivity contribution >= 4 is 11.0 Å². The van der Waals surface area contributed by atoms with Gasteiger partial charge in [-0.25, -0.2) is 0 Å². The fourth-order valence-corrected chi connectivity index (χ4v) is 2.19. The Morgan fingerprint density at radius 1 is 1.32 bits per heavy atom. The first-order valence-electron chi connectivity index (χ1n) is 5.79. The molecule has 2 N–H and O–H groups in total. The van der Waals surface area contributed by atoms with E-state index in [-0.39, 0.29) is 5.56 Å². The Morgan fingerprint density at radius 2 is 2.05 bits per heavy atom. The van der Waals surface area contributed by atoms with Gasteiger partial charge in [0.25, 0.3) is 0 Å². The maximum atomic E-state index is 13.2. The Kier molecular flexibility index (Phi) is 3.82. The van der Waals surface area contributed by atoms with Crippen molar-refractivity contribution in [3.8, 4) is 0 Å². The Hall–Kier alpha value is -1.53. The molecule has 2 atom stereocenters. The molecule has 1 aromatic carbocycles. The molecular weight excluding hydrogens is 259 g/mol. The molecule has 0 aliphatic rings. The second-order valence-corrected chi connectivity index (χ2v) is 4.31. The van der Waals surface area contributed by atoms with Crippen LogP contribution in [0, 0.1) is 0 Å². The number of aliphatic hydroxyl groups excluding tert-OH is 1. The van der Waals surface area contributed by atoms with Crippen LogP contribution in [0.5, 0.6) is 0 Å². The van der Waals surface area contributed by atoms with E-state index in [1.165, 1.54) is 31.5 Å². The molecule has 2 aromatic rings. The third kappa shape index (κ3) is 2.74. The summed E-state index contributed by atoms with van der Waals surface area (Å²) in [4.78, 5) is 0. The summed E-state index contributed by atoms with van der Waals surface area (Å²) in [6.45, 7) is -0.593. The van der Waals surface area contributed by atoms with Gasteiger partial charge >= 0.3 is 6.18 Å². The molecule has 1 aromatic heterocycles. The van der Waals surface area contributed by atoms with Crippen molar-refractivity contribution in [2.45, 2.75) is 18.1 Å². The lowest BCUT2D eigenvalue weighted by molar-refractivity contribution is -0.159. The van der Waals surface area contributed by atoms with Crippen molar-refractivity contribution in [2.24, 2.45) is 0 Å². The van der Waals surface area contributed by atoms with Gasteiger partial charge in [-0.3, -0.25) is 0 Å². The van der Waals surface area contributed by atoms with Crippen LogP contribution in [0.4, 0.5) is 13.2 Å². The van der Waals surface area contributed by atoms with E-state index in [9.17, 15) is 13.2 Å². The van der Waals surface area contributed by atoms with Crippen LogP contribution in [-0.2, 0) is 0 Å². The number of rotatable bonds is 4. The standard InChI is InChI=1S/C13H14F3NO2/c1-17-10(7-18)12(13(14,15)16)9-2-3-11-8(6-9)4-5-19-11/h2-6,10,12,17-18H,7H2,1H3. The Bertz CT molecular complexity index is 546. The highest BCUT2D eigenvalue weighted by atomic mass is 19.4. The minimum absolute atomic E-state index is 0.106. The van der Waals surface area contributed by atoms with Crippen molar-refractivity contribution in [2.75, 3.05) is 13.7 Å². The molecule has 0 aliphatic heterocycles. The monoisotopic (exact) mass is 273 g/mol. The van der Waals surface area contributed by atoms with Gasteiger partial charge in [0.15, 0.2) is 0 Å². The van der Waals surface area contributed by atoms with Crippen molar-refractivity contribution in [1.82, 2.24) is 5.32 Å². The molecule has 0 fully saturated rings. The van der Waals surface area contributed by atoms with Crippen molar-refractivity contribution in [3.05, 3.63) is 36.1 Å². The molecule has 0 spiro atoms. The van der Waals surface area contributed by atoms with Crippen molar-refractivity contribution in [1.29, 1.82) is 0 Å². The van der Waals surface area contributed by atoms with E-state index in [4.69, 9.17) is 9.52 Å². The van der Waals surface area contributed by atoms with Crippen LogP contribution in [0.3, 0.4) is 0 Å². The first kappa shape index (κ1) is 13.9. The number of alkyl halides is 3. The first-order chi connectivity index (χ1) is 8.97. The van der Waals surface area contributed by atoms with Gasteiger partial charge in [0.2, 0.25) is 0 Å². The predicted octanol–water partition coefficient (Wildman–Crippen LogP) is 2.66. The van der Waals surface area contributed by atoms with Gasteiger partial charge < -0.3 is 14.8 Å². The molecule has 1 heterocycles. The molecule has 0 bridgehead atoms. The molecular formula is C13H14F3NO2. The van der Waals surface area contributed by atoms with Gasteiger partial charge in [0.05, 0.1) is 18.8 Å². The van der Waals surface area contributed by atoms with Gasteiger partial charge in [-0.15, -0.1) is 0 Å². The van der Waals surface area contributed by atoms with E-state index in [0.717, 1.165) is 0 Å². The molecule has 0 saturated carbocycles. The molecule has 0 amide bonds. The molecule has 104 valence electrons. The number of hydrogen-bond acceptors (Lipinski definition) is 3. The van der Waals surface area contributed by atoms with E-state index in [1.807, 2.05) is 0 Å². The lowest BCUT2D eigenvalue weighted by atomic mass is 9.90. The Labute approximate surface area is 108 Å². The summed E-state index contributed by atoms with van der Waals surface area (Å²) < 4.78 is 44.6. The third-order valence-corrected chi connectivity index (χ3v) is 3.16. The van der Waals surface area contributed by atoms with Crippen LogP contribution in [0.25, 0.3) is 11.0 Å². The van der Waals surface area contributed by atoms with E-state index in [2.05, 4.69) is 5.32 Å². The SMILES string of the molecule is CNC(CO)C(c1ccc2occc2c1)C(F)(F)F. The van der Waals surface area contributed by atoms with E-state index in [1.54, 1.807) is 6.07 Å². The maximum absolute atomic E-state index is 13.2. The quantitative estimate of drug-likeness (QED) is 0.900. The van der Waals surface area contributed by atoms with Gasteiger partial charge in [0.1, 0.15) is 5.58 Å². The fourth-order valence-electron chi connectivity index (χ4n) is 2.19. The summed E-state index contributed by atoms with van der Waals surface area (Å²) in [6.07, 6.45) is -3.01. The highest BCUT2D eigenvalue weighted by Gasteiger charge is 2.45. The minimum Gasteiger partial charge on any atom is -0.464 e. The van der Waals surface area contributed by atoms with Crippen LogP contribution in [0.15, 0.2) is 34.9 Å². The molecule has 3 nitrogen and oxygen atoms in total. The van der Waals surface area contributed by atoms with Crippen LogP contribution in [-0.4, -0.2) is 31.0 Å². The Morgan fingerprint density at radius 3 is 2.63 bits per heavy atom. The second-order valence-electron chi connectivity index (χ2n) is 4.31. The van der Waals surface area contributed by atoms with Gasteiger partial charge in [0, 0.05) is 11.4 Å². The average Bonchev–Trinajstić information content (AvgIpc) is 2.81. The summed E-state index contributed by atoms with van der Waals surface area (Å²) in [7, 11) is 1.40. The van der Waals surface area contributed by atoms with E-state index < -0.39 is 24.7 Å². The fraction of sp³-hybridized carbons (Fsp3) is 0.385. The predicted molar refractivity (Wildman–Crippen MR) is 64.9 cm³/mol. The number of likely N-dealkylation sites (N-methyl/N-ethyl adjacent to an activating group) is 1. The molecule has 19 heavy (non-hydrogen) atoms. The van der Waals surface area contributed by atoms with Crippen LogP contribution >= 0.6 is 0 Å².